The number of nitrogens with one attached hydrogen (secondary N) is 1. The van der Waals surface area contributed by atoms with Gasteiger partial charge in [0.1, 0.15) is 5.82 Å². The Morgan fingerprint density at radius 1 is 1.11 bits per heavy atom. The van der Waals surface area contributed by atoms with Crippen molar-refractivity contribution in [3.05, 3.63) is 58.9 Å². The predicted molar refractivity (Wildman–Crippen MR) is 103 cm³/mol. The van der Waals surface area contributed by atoms with Crippen LogP contribution in [0.15, 0.2) is 36.4 Å². The topological polar surface area (TPSA) is 47.6 Å². The SMILES string of the molecule is COc1cc(C)c([C@@H](C)NC(=O)C2(c3ccc(F)cc3)CCC2)cc1OC. The van der Waals surface area contributed by atoms with Gasteiger partial charge in [-0.3, -0.25) is 4.79 Å². The van der Waals surface area contributed by atoms with Crippen LogP contribution in [-0.4, -0.2) is 20.1 Å². The van der Waals surface area contributed by atoms with Gasteiger partial charge in [0.15, 0.2) is 11.5 Å². The van der Waals surface area contributed by atoms with Crippen LogP contribution in [0.4, 0.5) is 4.39 Å². The third-order valence-corrected chi connectivity index (χ3v) is 5.62. The Morgan fingerprint density at radius 3 is 2.22 bits per heavy atom. The largest absolute Gasteiger partial charge is 0.493 e. The molecule has 1 aliphatic rings. The Labute approximate surface area is 159 Å². The van der Waals surface area contributed by atoms with Gasteiger partial charge in [-0.05, 0) is 67.6 Å². The third kappa shape index (κ3) is 3.51. The Balaban J connectivity index is 1.84. The van der Waals surface area contributed by atoms with Crippen molar-refractivity contribution in [1.82, 2.24) is 5.32 Å². The van der Waals surface area contributed by atoms with Crippen LogP contribution in [0.25, 0.3) is 0 Å². The fourth-order valence-corrected chi connectivity index (χ4v) is 3.82. The Morgan fingerprint density at radius 2 is 1.70 bits per heavy atom. The average molecular weight is 371 g/mol. The molecular weight excluding hydrogens is 345 g/mol. The van der Waals surface area contributed by atoms with E-state index in [9.17, 15) is 9.18 Å². The van der Waals surface area contributed by atoms with Crippen LogP contribution in [0, 0.1) is 12.7 Å². The van der Waals surface area contributed by atoms with E-state index in [0.717, 1.165) is 36.0 Å². The molecule has 4 nitrogen and oxygen atoms in total. The fourth-order valence-electron chi connectivity index (χ4n) is 3.82. The molecule has 1 aliphatic carbocycles. The minimum absolute atomic E-state index is 0.0120. The van der Waals surface area contributed by atoms with Gasteiger partial charge >= 0.3 is 0 Å². The molecule has 27 heavy (non-hydrogen) atoms. The normalized spacial score (nSPS) is 16.2. The highest BCUT2D eigenvalue weighted by molar-refractivity contribution is 5.89. The van der Waals surface area contributed by atoms with E-state index in [4.69, 9.17) is 9.47 Å². The molecule has 1 atom stereocenters. The van der Waals surface area contributed by atoms with Gasteiger partial charge in [-0.1, -0.05) is 18.6 Å². The first-order valence-electron chi connectivity index (χ1n) is 9.21. The quantitative estimate of drug-likeness (QED) is 0.816. The van der Waals surface area contributed by atoms with Crippen LogP contribution in [0.2, 0.25) is 0 Å². The average Bonchev–Trinajstić information content (AvgIpc) is 2.61. The van der Waals surface area contributed by atoms with Crippen molar-refractivity contribution in [3.8, 4) is 11.5 Å². The van der Waals surface area contributed by atoms with Gasteiger partial charge in [0.2, 0.25) is 5.91 Å². The lowest BCUT2D eigenvalue weighted by Gasteiger charge is -2.41. The second-order valence-electron chi connectivity index (χ2n) is 7.20. The highest BCUT2D eigenvalue weighted by Gasteiger charge is 2.46. The highest BCUT2D eigenvalue weighted by Crippen LogP contribution is 2.44. The summed E-state index contributed by atoms with van der Waals surface area (Å²) in [6.45, 7) is 3.95. The number of hydrogen-bond donors (Lipinski definition) is 1. The van der Waals surface area contributed by atoms with Crippen molar-refractivity contribution in [2.75, 3.05) is 14.2 Å². The summed E-state index contributed by atoms with van der Waals surface area (Å²) in [5.41, 5.74) is 2.32. The summed E-state index contributed by atoms with van der Waals surface area (Å²) in [7, 11) is 3.20. The molecule has 2 aromatic carbocycles. The molecule has 2 aromatic rings. The van der Waals surface area contributed by atoms with Crippen LogP contribution < -0.4 is 14.8 Å². The van der Waals surface area contributed by atoms with Gasteiger partial charge in [-0.2, -0.15) is 0 Å². The van der Waals surface area contributed by atoms with Crippen LogP contribution in [0.1, 0.15) is 48.9 Å². The second kappa shape index (κ2) is 7.59. The maximum Gasteiger partial charge on any atom is 0.231 e. The van der Waals surface area contributed by atoms with E-state index < -0.39 is 5.41 Å². The molecule has 0 aliphatic heterocycles. The van der Waals surface area contributed by atoms with Gasteiger partial charge in [0, 0.05) is 0 Å². The van der Waals surface area contributed by atoms with Crippen molar-refractivity contribution in [2.45, 2.75) is 44.6 Å². The molecular formula is C22H26FNO3. The van der Waals surface area contributed by atoms with Crippen molar-refractivity contribution in [3.63, 3.8) is 0 Å². The number of ether oxygens (including phenoxy) is 2. The molecule has 1 saturated carbocycles. The number of carbonyl (C=O) groups excluding carboxylic acids is 1. The van der Waals surface area contributed by atoms with E-state index in [-0.39, 0.29) is 17.8 Å². The van der Waals surface area contributed by atoms with E-state index in [1.165, 1.54) is 12.1 Å². The van der Waals surface area contributed by atoms with Crippen molar-refractivity contribution in [1.29, 1.82) is 0 Å². The Hall–Kier alpha value is -2.56. The van der Waals surface area contributed by atoms with Crippen molar-refractivity contribution in [2.24, 2.45) is 0 Å². The van der Waals surface area contributed by atoms with Gasteiger partial charge in [-0.25, -0.2) is 4.39 Å². The minimum Gasteiger partial charge on any atom is -0.493 e. The number of halogens is 1. The molecule has 144 valence electrons. The molecule has 1 amide bonds. The summed E-state index contributed by atoms with van der Waals surface area (Å²) < 4.78 is 24.0. The maximum atomic E-state index is 13.3. The molecule has 1 fully saturated rings. The van der Waals surface area contributed by atoms with E-state index in [0.29, 0.717) is 11.5 Å². The summed E-state index contributed by atoms with van der Waals surface area (Å²) >= 11 is 0. The molecule has 0 unspecified atom stereocenters. The van der Waals surface area contributed by atoms with Gasteiger partial charge in [0.05, 0.1) is 25.7 Å². The van der Waals surface area contributed by atoms with E-state index in [2.05, 4.69) is 5.32 Å². The number of benzene rings is 2. The highest BCUT2D eigenvalue weighted by atomic mass is 19.1. The first-order chi connectivity index (χ1) is 12.9. The summed E-state index contributed by atoms with van der Waals surface area (Å²) in [5, 5.41) is 3.15. The van der Waals surface area contributed by atoms with E-state index in [1.54, 1.807) is 26.4 Å². The molecule has 5 heteroatoms. The standard InChI is InChI=1S/C22H26FNO3/c1-14-12-19(26-3)20(27-4)13-18(14)15(2)24-21(25)22(10-5-11-22)16-6-8-17(23)9-7-16/h6-9,12-13,15H,5,10-11H2,1-4H3,(H,24,25)/t15-/m1/s1. The number of aryl methyl sites for hydroxylation is 1. The molecule has 0 spiro atoms. The minimum atomic E-state index is -0.563. The van der Waals surface area contributed by atoms with Crippen LogP contribution in [0.3, 0.4) is 0 Å². The van der Waals surface area contributed by atoms with Crippen LogP contribution >= 0.6 is 0 Å². The first-order valence-corrected chi connectivity index (χ1v) is 9.21. The molecule has 1 N–H and O–H groups in total. The molecule has 0 bridgehead atoms. The van der Waals surface area contributed by atoms with Crippen LogP contribution in [-0.2, 0) is 10.2 Å². The van der Waals surface area contributed by atoms with Gasteiger partial charge in [0.25, 0.3) is 0 Å². The van der Waals surface area contributed by atoms with E-state index in [1.807, 2.05) is 26.0 Å². The van der Waals surface area contributed by atoms with Gasteiger partial charge in [-0.15, -0.1) is 0 Å². The lowest BCUT2D eigenvalue weighted by Crippen LogP contribution is -2.49. The second-order valence-corrected chi connectivity index (χ2v) is 7.20. The number of hydrogen-bond acceptors (Lipinski definition) is 3. The summed E-state index contributed by atoms with van der Waals surface area (Å²) in [6, 6.07) is 9.92. The smallest absolute Gasteiger partial charge is 0.231 e. The fraction of sp³-hybridized carbons (Fsp3) is 0.409. The van der Waals surface area contributed by atoms with Gasteiger partial charge < -0.3 is 14.8 Å². The number of methoxy groups -OCH3 is 2. The molecule has 0 radical (unpaired) electrons. The number of carbonyl (C=O) groups is 1. The lowest BCUT2D eigenvalue weighted by atomic mass is 9.63. The zero-order valence-electron chi connectivity index (χ0n) is 16.3. The monoisotopic (exact) mass is 371 g/mol. The molecule has 0 saturated heterocycles. The van der Waals surface area contributed by atoms with Crippen molar-refractivity contribution < 1.29 is 18.7 Å². The maximum absolute atomic E-state index is 13.3. The molecule has 0 aromatic heterocycles. The number of rotatable bonds is 6. The molecule has 0 heterocycles. The zero-order chi connectivity index (χ0) is 19.6. The van der Waals surface area contributed by atoms with E-state index >= 15 is 0 Å². The zero-order valence-corrected chi connectivity index (χ0v) is 16.3. The summed E-state index contributed by atoms with van der Waals surface area (Å²) in [5.74, 6) is 1.00. The molecule has 3 rings (SSSR count). The third-order valence-electron chi connectivity index (χ3n) is 5.62. The Kier molecular flexibility index (Phi) is 5.40. The van der Waals surface area contributed by atoms with Crippen LogP contribution in [0.5, 0.6) is 11.5 Å². The summed E-state index contributed by atoms with van der Waals surface area (Å²) in [6.07, 6.45) is 2.55. The Bertz CT molecular complexity index is 828. The predicted octanol–water partition coefficient (Wildman–Crippen LogP) is 4.45. The first kappa shape index (κ1) is 19.2. The summed E-state index contributed by atoms with van der Waals surface area (Å²) in [4.78, 5) is 13.1. The lowest BCUT2D eigenvalue weighted by molar-refractivity contribution is -0.130. The number of amides is 1. The van der Waals surface area contributed by atoms with Crippen molar-refractivity contribution >= 4 is 5.91 Å².